The van der Waals surface area contributed by atoms with E-state index < -0.39 is 15.9 Å². The molecule has 0 bridgehead atoms. The third-order valence-corrected chi connectivity index (χ3v) is 5.16. The molecule has 0 spiro atoms. The van der Waals surface area contributed by atoms with Crippen molar-refractivity contribution < 1.29 is 17.6 Å². The third-order valence-electron chi connectivity index (χ3n) is 4.00. The largest absolute Gasteiger partial charge is 0.459 e. The van der Waals surface area contributed by atoms with E-state index >= 15 is 0 Å². The minimum absolute atomic E-state index is 0.110. The van der Waals surface area contributed by atoms with Gasteiger partial charge in [0.1, 0.15) is 11.5 Å². The molecule has 0 saturated heterocycles. The number of aryl methyl sites for hydroxylation is 1. The van der Waals surface area contributed by atoms with Gasteiger partial charge < -0.3 is 9.73 Å². The molecule has 140 valence electrons. The van der Waals surface area contributed by atoms with Crippen LogP contribution in [0.1, 0.15) is 21.7 Å². The number of halogens is 1. The highest BCUT2D eigenvalue weighted by atomic mass is 35.5. The summed E-state index contributed by atoms with van der Waals surface area (Å²) in [6.45, 7) is 1.87. The molecule has 1 heterocycles. The molecular formula is C19H17ClN2O4S. The van der Waals surface area contributed by atoms with Gasteiger partial charge >= 0.3 is 0 Å². The second kappa shape index (κ2) is 7.56. The lowest BCUT2D eigenvalue weighted by atomic mass is 10.1. The normalized spacial score (nSPS) is 11.4. The summed E-state index contributed by atoms with van der Waals surface area (Å²) in [6, 6.07) is 14.9. The first-order chi connectivity index (χ1) is 12.7. The molecule has 0 aliphatic heterocycles. The maximum atomic E-state index is 12.4. The predicted molar refractivity (Wildman–Crippen MR) is 103 cm³/mol. The number of carbonyl (C=O) groups is 1. The monoisotopic (exact) mass is 404 g/mol. The van der Waals surface area contributed by atoms with Gasteiger partial charge in [-0.05, 0) is 61.0 Å². The quantitative estimate of drug-likeness (QED) is 0.679. The van der Waals surface area contributed by atoms with Crippen molar-refractivity contribution in [3.05, 3.63) is 76.5 Å². The molecule has 27 heavy (non-hydrogen) atoms. The van der Waals surface area contributed by atoms with E-state index in [0.29, 0.717) is 22.1 Å². The van der Waals surface area contributed by atoms with Crippen LogP contribution in [0.2, 0.25) is 5.02 Å². The number of amides is 1. The number of benzene rings is 2. The number of carbonyl (C=O) groups excluding carboxylic acids is 1. The molecule has 1 aromatic heterocycles. The molecule has 0 aliphatic rings. The van der Waals surface area contributed by atoms with Crippen LogP contribution in [-0.4, -0.2) is 14.3 Å². The average Bonchev–Trinajstić information content (AvgIpc) is 3.08. The molecule has 0 unspecified atom stereocenters. The summed E-state index contributed by atoms with van der Waals surface area (Å²) in [5, 5.41) is 8.48. The van der Waals surface area contributed by atoms with Crippen LogP contribution in [0.15, 0.2) is 63.9 Å². The number of primary sulfonamides is 1. The molecule has 0 radical (unpaired) electrons. The Morgan fingerprint density at radius 3 is 2.48 bits per heavy atom. The van der Waals surface area contributed by atoms with Crippen molar-refractivity contribution in [3.63, 3.8) is 0 Å². The number of sulfonamides is 1. The van der Waals surface area contributed by atoms with Gasteiger partial charge in [0.15, 0.2) is 0 Å². The molecule has 8 heteroatoms. The van der Waals surface area contributed by atoms with E-state index in [9.17, 15) is 13.2 Å². The molecule has 1 amide bonds. The van der Waals surface area contributed by atoms with E-state index in [4.69, 9.17) is 21.2 Å². The Labute approximate surface area is 162 Å². The summed E-state index contributed by atoms with van der Waals surface area (Å²) in [5.74, 6) is 0.805. The number of nitrogens with one attached hydrogen (secondary N) is 1. The van der Waals surface area contributed by atoms with Crippen molar-refractivity contribution in [2.24, 2.45) is 5.14 Å². The first-order valence-electron chi connectivity index (χ1n) is 8.00. The fourth-order valence-electron chi connectivity index (χ4n) is 2.53. The molecule has 3 N–H and O–H groups in total. The van der Waals surface area contributed by atoms with Gasteiger partial charge in [-0.3, -0.25) is 4.79 Å². The van der Waals surface area contributed by atoms with Gasteiger partial charge in [0.2, 0.25) is 10.0 Å². The fourth-order valence-corrected chi connectivity index (χ4v) is 3.19. The van der Waals surface area contributed by atoms with E-state index in [1.165, 1.54) is 12.1 Å². The zero-order chi connectivity index (χ0) is 19.6. The van der Waals surface area contributed by atoms with E-state index in [1.807, 2.05) is 12.1 Å². The maximum Gasteiger partial charge on any atom is 0.251 e. The number of hydrogen-bond acceptors (Lipinski definition) is 4. The summed E-state index contributed by atoms with van der Waals surface area (Å²) in [5.41, 5.74) is 1.75. The van der Waals surface area contributed by atoms with Crippen LogP contribution in [0, 0.1) is 6.92 Å². The summed E-state index contributed by atoms with van der Waals surface area (Å²) in [7, 11) is -3.88. The van der Waals surface area contributed by atoms with Crippen molar-refractivity contribution in [3.8, 4) is 11.3 Å². The van der Waals surface area contributed by atoms with Crippen LogP contribution in [0.5, 0.6) is 0 Å². The smallest absolute Gasteiger partial charge is 0.251 e. The highest BCUT2D eigenvalue weighted by molar-refractivity contribution is 7.89. The van der Waals surface area contributed by atoms with E-state index in [-0.39, 0.29) is 17.0 Å². The van der Waals surface area contributed by atoms with Gasteiger partial charge in [-0.1, -0.05) is 17.7 Å². The standard InChI is InChI=1S/C19H17ClN2O4S/c1-12-2-8-16(27(21,24)25)10-17(12)19(23)22-11-15-7-9-18(26-15)13-3-5-14(20)6-4-13/h2-10H,11H2,1H3,(H,22,23)(H2,21,24,25). The Morgan fingerprint density at radius 2 is 1.81 bits per heavy atom. The summed E-state index contributed by atoms with van der Waals surface area (Å²) < 4.78 is 28.7. The van der Waals surface area contributed by atoms with Crippen LogP contribution in [0.4, 0.5) is 0 Å². The Balaban J connectivity index is 1.72. The van der Waals surface area contributed by atoms with Crippen molar-refractivity contribution in [1.29, 1.82) is 0 Å². The van der Waals surface area contributed by atoms with Gasteiger partial charge in [-0.15, -0.1) is 0 Å². The zero-order valence-electron chi connectivity index (χ0n) is 14.4. The zero-order valence-corrected chi connectivity index (χ0v) is 16.0. The molecular weight excluding hydrogens is 388 g/mol. The molecule has 0 fully saturated rings. The van der Waals surface area contributed by atoms with Gasteiger partial charge in [-0.2, -0.15) is 0 Å². The molecule has 0 saturated carbocycles. The van der Waals surface area contributed by atoms with Gasteiger partial charge in [0.25, 0.3) is 5.91 Å². The molecule has 2 aromatic carbocycles. The SMILES string of the molecule is Cc1ccc(S(N)(=O)=O)cc1C(=O)NCc1ccc(-c2ccc(Cl)cc2)o1. The minimum atomic E-state index is -3.88. The highest BCUT2D eigenvalue weighted by Gasteiger charge is 2.15. The number of furan rings is 1. The molecule has 3 aromatic rings. The number of rotatable bonds is 5. The van der Waals surface area contributed by atoms with E-state index in [1.54, 1.807) is 37.3 Å². The summed E-state index contributed by atoms with van der Waals surface area (Å²) in [4.78, 5) is 12.3. The fraction of sp³-hybridized carbons (Fsp3) is 0.105. The van der Waals surface area contributed by atoms with Crippen molar-refractivity contribution >= 4 is 27.5 Å². The van der Waals surface area contributed by atoms with Gasteiger partial charge in [0.05, 0.1) is 11.4 Å². The van der Waals surface area contributed by atoms with Crippen molar-refractivity contribution in [2.45, 2.75) is 18.4 Å². The van der Waals surface area contributed by atoms with Crippen molar-refractivity contribution in [1.82, 2.24) is 5.32 Å². The van der Waals surface area contributed by atoms with E-state index in [2.05, 4.69) is 5.32 Å². The summed E-state index contributed by atoms with van der Waals surface area (Å²) in [6.07, 6.45) is 0. The molecule has 3 rings (SSSR count). The molecule has 0 atom stereocenters. The average molecular weight is 405 g/mol. The van der Waals surface area contributed by atoms with Gasteiger partial charge in [-0.25, -0.2) is 13.6 Å². The predicted octanol–water partition coefficient (Wildman–Crippen LogP) is 3.49. The highest BCUT2D eigenvalue weighted by Crippen LogP contribution is 2.24. The molecule has 0 aliphatic carbocycles. The van der Waals surface area contributed by atoms with Crippen LogP contribution in [0.25, 0.3) is 11.3 Å². The number of nitrogens with two attached hydrogens (primary N) is 1. The second-order valence-electron chi connectivity index (χ2n) is 5.98. The second-order valence-corrected chi connectivity index (χ2v) is 7.98. The lowest BCUT2D eigenvalue weighted by molar-refractivity contribution is 0.0947. The van der Waals surface area contributed by atoms with Crippen LogP contribution in [-0.2, 0) is 16.6 Å². The lowest BCUT2D eigenvalue weighted by Crippen LogP contribution is -2.24. The summed E-state index contributed by atoms with van der Waals surface area (Å²) >= 11 is 5.88. The lowest BCUT2D eigenvalue weighted by Gasteiger charge is -2.08. The minimum Gasteiger partial charge on any atom is -0.459 e. The first-order valence-corrected chi connectivity index (χ1v) is 9.93. The van der Waals surface area contributed by atoms with Gasteiger partial charge in [0, 0.05) is 16.1 Å². The topological polar surface area (TPSA) is 102 Å². The first kappa shape index (κ1) is 19.2. The number of hydrogen-bond donors (Lipinski definition) is 2. The Morgan fingerprint density at radius 1 is 1.11 bits per heavy atom. The Hall–Kier alpha value is -2.61. The van der Waals surface area contributed by atoms with Crippen LogP contribution < -0.4 is 10.5 Å². The maximum absolute atomic E-state index is 12.4. The molecule has 6 nitrogen and oxygen atoms in total. The Bertz CT molecular complexity index is 1090. The van der Waals surface area contributed by atoms with Crippen LogP contribution >= 0.6 is 11.6 Å². The Kier molecular flexibility index (Phi) is 5.36. The van der Waals surface area contributed by atoms with Crippen molar-refractivity contribution in [2.75, 3.05) is 0 Å². The van der Waals surface area contributed by atoms with Crippen LogP contribution in [0.3, 0.4) is 0 Å². The third kappa shape index (κ3) is 4.57. The van der Waals surface area contributed by atoms with E-state index in [0.717, 1.165) is 5.56 Å².